The van der Waals surface area contributed by atoms with E-state index in [1.807, 2.05) is 0 Å². The molecule has 0 spiro atoms. The normalized spacial score (nSPS) is 29.1. The highest BCUT2D eigenvalue weighted by molar-refractivity contribution is 5.86. The predicted octanol–water partition coefficient (Wildman–Crippen LogP) is 0.356. The van der Waals surface area contributed by atoms with Crippen molar-refractivity contribution in [2.24, 2.45) is 0 Å². The minimum absolute atomic E-state index is 0.0430. The molecule has 0 bridgehead atoms. The molecular formula is C14H25N3O4. The monoisotopic (exact) mass is 299 g/mol. The van der Waals surface area contributed by atoms with E-state index in [4.69, 9.17) is 4.74 Å². The zero-order valence-electron chi connectivity index (χ0n) is 12.8. The summed E-state index contributed by atoms with van der Waals surface area (Å²) in [6.45, 7) is 7.89. The van der Waals surface area contributed by atoms with Gasteiger partial charge in [0.25, 0.3) is 0 Å². The first kappa shape index (κ1) is 16.0. The molecule has 0 aromatic heterocycles. The van der Waals surface area contributed by atoms with E-state index in [0.29, 0.717) is 32.2 Å². The van der Waals surface area contributed by atoms with E-state index in [0.717, 1.165) is 19.5 Å². The number of likely N-dealkylation sites (N-methyl/N-ethyl adjacent to an activating group) is 1. The topological polar surface area (TPSA) is 82.1 Å². The summed E-state index contributed by atoms with van der Waals surface area (Å²) in [5.74, 6) is -1.02. The quantitative estimate of drug-likeness (QED) is 0.766. The number of ether oxygens (including phenoxy) is 1. The first-order valence-electron chi connectivity index (χ1n) is 7.64. The Hall–Kier alpha value is -1.34. The molecule has 120 valence electrons. The number of carbonyl (C=O) groups excluding carboxylic acids is 1. The van der Waals surface area contributed by atoms with E-state index in [1.54, 1.807) is 4.90 Å². The molecule has 2 fully saturated rings. The molecule has 2 N–H and O–H groups in total. The molecule has 2 amide bonds. The van der Waals surface area contributed by atoms with Gasteiger partial charge in [0.1, 0.15) is 0 Å². The Balaban J connectivity index is 1.94. The molecule has 21 heavy (non-hydrogen) atoms. The molecule has 2 atom stereocenters. The van der Waals surface area contributed by atoms with E-state index < -0.39 is 11.5 Å². The van der Waals surface area contributed by atoms with Gasteiger partial charge in [0.15, 0.2) is 5.54 Å². The van der Waals surface area contributed by atoms with Gasteiger partial charge >= 0.3 is 12.0 Å². The summed E-state index contributed by atoms with van der Waals surface area (Å²) in [5.41, 5.74) is -1.26. The fourth-order valence-corrected chi connectivity index (χ4v) is 3.13. The highest BCUT2D eigenvalue weighted by Gasteiger charge is 2.45. The second kappa shape index (κ2) is 6.62. The molecule has 7 heteroatoms. The summed E-state index contributed by atoms with van der Waals surface area (Å²) in [4.78, 5) is 27.8. The van der Waals surface area contributed by atoms with Gasteiger partial charge in [0.2, 0.25) is 0 Å². The third-order valence-corrected chi connectivity index (χ3v) is 4.56. The number of rotatable bonds is 5. The summed E-state index contributed by atoms with van der Waals surface area (Å²) in [6.07, 6.45) is 1.26. The van der Waals surface area contributed by atoms with Crippen LogP contribution in [0, 0.1) is 0 Å². The van der Waals surface area contributed by atoms with E-state index in [2.05, 4.69) is 24.1 Å². The average molecular weight is 299 g/mol. The van der Waals surface area contributed by atoms with Crippen LogP contribution < -0.4 is 5.32 Å². The fraction of sp³-hybridized carbons (Fsp3) is 0.857. The number of aliphatic carboxylic acids is 1. The minimum Gasteiger partial charge on any atom is -0.479 e. The molecule has 2 aliphatic rings. The molecule has 2 aliphatic heterocycles. The Kier molecular flexibility index (Phi) is 5.05. The van der Waals surface area contributed by atoms with Gasteiger partial charge in [-0.05, 0) is 19.5 Å². The SMILES string of the molecule is CCN(CC)C1CCN(C(=O)NC2(C(=O)O)CCOC2)C1. The van der Waals surface area contributed by atoms with E-state index in [1.165, 1.54) is 0 Å². The zero-order chi connectivity index (χ0) is 15.5. The number of carboxylic acids is 1. The molecule has 2 rings (SSSR count). The molecule has 0 aromatic rings. The summed E-state index contributed by atoms with van der Waals surface area (Å²) in [7, 11) is 0. The van der Waals surface area contributed by atoms with Gasteiger partial charge in [-0.1, -0.05) is 13.8 Å². The van der Waals surface area contributed by atoms with Gasteiger partial charge in [0, 0.05) is 32.2 Å². The number of carboxylic acid groups (broad SMARTS) is 1. The minimum atomic E-state index is -1.26. The molecule has 0 saturated carbocycles. The molecule has 7 nitrogen and oxygen atoms in total. The van der Waals surface area contributed by atoms with Gasteiger partial charge < -0.3 is 20.1 Å². The molecule has 0 aromatic carbocycles. The highest BCUT2D eigenvalue weighted by Crippen LogP contribution is 2.21. The van der Waals surface area contributed by atoms with Crippen molar-refractivity contribution in [3.8, 4) is 0 Å². The van der Waals surface area contributed by atoms with Crippen LogP contribution in [-0.2, 0) is 9.53 Å². The van der Waals surface area contributed by atoms with Crippen molar-refractivity contribution in [2.45, 2.75) is 38.3 Å². The van der Waals surface area contributed by atoms with E-state index in [9.17, 15) is 14.7 Å². The largest absolute Gasteiger partial charge is 0.479 e. The number of hydrogen-bond donors (Lipinski definition) is 2. The number of urea groups is 1. The second-order valence-corrected chi connectivity index (χ2v) is 5.73. The Morgan fingerprint density at radius 2 is 2.14 bits per heavy atom. The van der Waals surface area contributed by atoms with Gasteiger partial charge in [-0.2, -0.15) is 0 Å². The number of carbonyl (C=O) groups is 2. The third-order valence-electron chi connectivity index (χ3n) is 4.56. The van der Waals surface area contributed by atoms with E-state index >= 15 is 0 Å². The van der Waals surface area contributed by atoms with Crippen molar-refractivity contribution in [1.29, 1.82) is 0 Å². The van der Waals surface area contributed by atoms with Crippen LogP contribution >= 0.6 is 0 Å². The Bertz CT molecular complexity index is 392. The Morgan fingerprint density at radius 1 is 1.43 bits per heavy atom. The van der Waals surface area contributed by atoms with Crippen molar-refractivity contribution in [3.63, 3.8) is 0 Å². The maximum absolute atomic E-state index is 12.3. The summed E-state index contributed by atoms with van der Waals surface area (Å²) in [6, 6.07) is 0.0731. The van der Waals surface area contributed by atoms with Crippen LogP contribution in [-0.4, -0.2) is 77.9 Å². The number of hydrogen-bond acceptors (Lipinski definition) is 4. The lowest BCUT2D eigenvalue weighted by atomic mass is 9.99. The van der Waals surface area contributed by atoms with Crippen molar-refractivity contribution in [1.82, 2.24) is 15.1 Å². The number of nitrogens with one attached hydrogen (secondary N) is 1. The lowest BCUT2D eigenvalue weighted by Crippen LogP contribution is -2.58. The lowest BCUT2D eigenvalue weighted by Gasteiger charge is -2.29. The van der Waals surface area contributed by atoms with Gasteiger partial charge in [-0.3, -0.25) is 4.90 Å². The van der Waals surface area contributed by atoms with Crippen LogP contribution in [0.15, 0.2) is 0 Å². The summed E-state index contributed by atoms with van der Waals surface area (Å²) < 4.78 is 5.16. The summed E-state index contributed by atoms with van der Waals surface area (Å²) in [5, 5.41) is 12.0. The number of nitrogens with zero attached hydrogens (tertiary/aromatic N) is 2. The highest BCUT2D eigenvalue weighted by atomic mass is 16.5. The number of likely N-dealkylation sites (tertiary alicyclic amines) is 1. The van der Waals surface area contributed by atoms with Crippen LogP contribution in [0.25, 0.3) is 0 Å². The maximum Gasteiger partial charge on any atom is 0.332 e. The first-order valence-corrected chi connectivity index (χ1v) is 7.64. The molecular weight excluding hydrogens is 274 g/mol. The lowest BCUT2D eigenvalue weighted by molar-refractivity contribution is -0.144. The Morgan fingerprint density at radius 3 is 2.67 bits per heavy atom. The van der Waals surface area contributed by atoms with Gasteiger partial charge in [-0.15, -0.1) is 0 Å². The van der Waals surface area contributed by atoms with E-state index in [-0.39, 0.29) is 12.6 Å². The molecule has 0 aliphatic carbocycles. The smallest absolute Gasteiger partial charge is 0.332 e. The van der Waals surface area contributed by atoms with Gasteiger partial charge in [0.05, 0.1) is 6.61 Å². The fourth-order valence-electron chi connectivity index (χ4n) is 3.13. The molecule has 2 unspecified atom stereocenters. The second-order valence-electron chi connectivity index (χ2n) is 5.73. The predicted molar refractivity (Wildman–Crippen MR) is 77.2 cm³/mol. The van der Waals surface area contributed by atoms with Crippen LogP contribution in [0.1, 0.15) is 26.7 Å². The summed E-state index contributed by atoms with van der Waals surface area (Å²) >= 11 is 0. The van der Waals surface area contributed by atoms with Crippen molar-refractivity contribution >= 4 is 12.0 Å². The maximum atomic E-state index is 12.3. The molecule has 2 heterocycles. The van der Waals surface area contributed by atoms with Crippen molar-refractivity contribution < 1.29 is 19.4 Å². The zero-order valence-corrected chi connectivity index (χ0v) is 12.8. The van der Waals surface area contributed by atoms with Crippen LogP contribution in [0.2, 0.25) is 0 Å². The van der Waals surface area contributed by atoms with Crippen molar-refractivity contribution in [2.75, 3.05) is 39.4 Å². The first-order chi connectivity index (χ1) is 10.0. The molecule has 2 saturated heterocycles. The van der Waals surface area contributed by atoms with Crippen LogP contribution in [0.4, 0.5) is 4.79 Å². The average Bonchev–Trinajstić information content (AvgIpc) is 3.10. The van der Waals surface area contributed by atoms with Crippen LogP contribution in [0.5, 0.6) is 0 Å². The third kappa shape index (κ3) is 3.29. The standard InChI is InChI=1S/C14H25N3O4/c1-3-16(4-2)11-5-7-17(9-11)13(20)15-14(12(18)19)6-8-21-10-14/h11H,3-10H2,1-2H3,(H,15,20)(H,18,19). The van der Waals surface area contributed by atoms with Crippen molar-refractivity contribution in [3.05, 3.63) is 0 Å². The van der Waals surface area contributed by atoms with Crippen LogP contribution in [0.3, 0.4) is 0 Å². The number of amides is 2. The van der Waals surface area contributed by atoms with Gasteiger partial charge in [-0.25, -0.2) is 9.59 Å². The Labute approximate surface area is 125 Å². The molecule has 0 radical (unpaired) electrons.